The molecule has 0 heterocycles. The van der Waals surface area contributed by atoms with Gasteiger partial charge in [-0.05, 0) is 42.5 Å². The highest BCUT2D eigenvalue weighted by atomic mass is 79.9. The first-order valence-electron chi connectivity index (χ1n) is 8.44. The Hall–Kier alpha value is -2.03. The summed E-state index contributed by atoms with van der Waals surface area (Å²) in [6, 6.07) is 10.2. The van der Waals surface area contributed by atoms with E-state index < -0.39 is 15.7 Å². The smallest absolute Gasteiger partial charge is 0.254 e. The number of hydrogen-bond acceptors (Lipinski definition) is 4. The molecule has 0 spiro atoms. The van der Waals surface area contributed by atoms with Crippen molar-refractivity contribution in [3.05, 3.63) is 76.5 Å². The quantitative estimate of drug-likeness (QED) is 0.523. The summed E-state index contributed by atoms with van der Waals surface area (Å²) in [6.45, 7) is 4.02. The second kappa shape index (κ2) is 9.95. The lowest BCUT2D eigenvalue weighted by molar-refractivity contribution is 0.0761. The number of ether oxygens (including phenoxy) is 1. The third-order valence-electron chi connectivity index (χ3n) is 4.02. The van der Waals surface area contributed by atoms with Crippen LogP contribution in [0.2, 0.25) is 0 Å². The van der Waals surface area contributed by atoms with E-state index in [1.54, 1.807) is 18.2 Å². The summed E-state index contributed by atoms with van der Waals surface area (Å²) in [5.74, 6) is -0.897. The van der Waals surface area contributed by atoms with Gasteiger partial charge >= 0.3 is 0 Å². The van der Waals surface area contributed by atoms with Gasteiger partial charge in [0.15, 0.2) is 9.84 Å². The summed E-state index contributed by atoms with van der Waals surface area (Å²) < 4.78 is 43.9. The number of sulfone groups is 1. The minimum Gasteiger partial charge on any atom is -0.384 e. The van der Waals surface area contributed by atoms with Crippen LogP contribution in [0.4, 0.5) is 4.39 Å². The predicted molar refractivity (Wildman–Crippen MR) is 109 cm³/mol. The highest BCUT2D eigenvalue weighted by molar-refractivity contribution is 9.10. The maximum atomic E-state index is 14.1. The van der Waals surface area contributed by atoms with Crippen molar-refractivity contribution < 1.29 is 22.3 Å². The minimum atomic E-state index is -3.48. The average molecular weight is 470 g/mol. The molecule has 0 atom stereocenters. The SMILES string of the molecule is C=CCN(Cc1cc(Br)ccc1F)C(=O)c1ccc(S(=O)(=O)CCOC)cc1. The molecule has 0 aliphatic carbocycles. The average Bonchev–Trinajstić information content (AvgIpc) is 2.68. The fourth-order valence-electron chi connectivity index (χ4n) is 2.54. The molecule has 0 bridgehead atoms. The number of hydrogen-bond donors (Lipinski definition) is 0. The summed E-state index contributed by atoms with van der Waals surface area (Å²) in [7, 11) is -2.05. The van der Waals surface area contributed by atoms with Crippen LogP contribution in [-0.2, 0) is 21.1 Å². The number of nitrogens with zero attached hydrogens (tertiary/aromatic N) is 1. The second-order valence-corrected chi connectivity index (χ2v) is 9.07. The summed E-state index contributed by atoms with van der Waals surface area (Å²) in [4.78, 5) is 14.4. The highest BCUT2D eigenvalue weighted by Crippen LogP contribution is 2.19. The van der Waals surface area contributed by atoms with Crippen LogP contribution in [0.5, 0.6) is 0 Å². The van der Waals surface area contributed by atoms with Gasteiger partial charge in [-0.3, -0.25) is 4.79 Å². The van der Waals surface area contributed by atoms with Crippen LogP contribution >= 0.6 is 15.9 Å². The molecule has 1 amide bonds. The van der Waals surface area contributed by atoms with Crippen molar-refractivity contribution in [2.45, 2.75) is 11.4 Å². The van der Waals surface area contributed by atoms with Gasteiger partial charge in [0.25, 0.3) is 5.91 Å². The molecule has 5 nitrogen and oxygen atoms in total. The number of methoxy groups -OCH3 is 1. The Labute approximate surface area is 172 Å². The zero-order valence-corrected chi connectivity index (χ0v) is 17.8. The van der Waals surface area contributed by atoms with Crippen LogP contribution in [-0.4, -0.2) is 45.2 Å². The van der Waals surface area contributed by atoms with Gasteiger partial charge < -0.3 is 9.64 Å². The van der Waals surface area contributed by atoms with E-state index in [2.05, 4.69) is 22.5 Å². The minimum absolute atomic E-state index is 0.0595. The Morgan fingerprint density at radius 3 is 2.54 bits per heavy atom. The molecule has 8 heteroatoms. The Balaban J connectivity index is 2.23. The van der Waals surface area contributed by atoms with E-state index >= 15 is 0 Å². The van der Waals surface area contributed by atoms with Gasteiger partial charge in [-0.15, -0.1) is 6.58 Å². The maximum Gasteiger partial charge on any atom is 0.254 e. The van der Waals surface area contributed by atoms with Crippen LogP contribution in [0.25, 0.3) is 0 Å². The Morgan fingerprint density at radius 2 is 1.93 bits per heavy atom. The largest absolute Gasteiger partial charge is 0.384 e. The van der Waals surface area contributed by atoms with E-state index in [1.807, 2.05) is 0 Å². The number of benzene rings is 2. The van der Waals surface area contributed by atoms with Gasteiger partial charge in [0.05, 0.1) is 17.3 Å². The molecule has 0 aliphatic rings. The number of carbonyl (C=O) groups excluding carboxylic acids is 1. The number of amides is 1. The molecule has 0 N–H and O–H groups in total. The Kier molecular flexibility index (Phi) is 7.91. The molecule has 0 unspecified atom stereocenters. The first-order valence-corrected chi connectivity index (χ1v) is 10.9. The zero-order chi connectivity index (χ0) is 20.7. The first-order chi connectivity index (χ1) is 13.3. The van der Waals surface area contributed by atoms with Crippen molar-refractivity contribution in [1.82, 2.24) is 4.90 Å². The van der Waals surface area contributed by atoms with Gasteiger partial charge in [-0.25, -0.2) is 12.8 Å². The zero-order valence-electron chi connectivity index (χ0n) is 15.4. The number of carbonyl (C=O) groups is 1. The van der Waals surface area contributed by atoms with Crippen LogP contribution in [0.15, 0.2) is 64.5 Å². The molecule has 2 rings (SSSR count). The van der Waals surface area contributed by atoms with Gasteiger partial charge in [-0.1, -0.05) is 22.0 Å². The van der Waals surface area contributed by atoms with Gasteiger partial charge in [0, 0.05) is 35.8 Å². The summed E-state index contributed by atoms with van der Waals surface area (Å²) in [5.41, 5.74) is 0.672. The fourth-order valence-corrected chi connectivity index (χ4v) is 4.12. The lowest BCUT2D eigenvalue weighted by Gasteiger charge is -2.22. The van der Waals surface area contributed by atoms with Crippen molar-refractivity contribution >= 4 is 31.7 Å². The predicted octanol–water partition coefficient (Wildman–Crippen LogP) is 3.84. The van der Waals surface area contributed by atoms with Gasteiger partial charge in [0.1, 0.15) is 5.82 Å². The highest BCUT2D eigenvalue weighted by Gasteiger charge is 2.19. The molecule has 0 saturated carbocycles. The summed E-state index contributed by atoms with van der Waals surface area (Å²) >= 11 is 3.30. The van der Waals surface area contributed by atoms with Crippen molar-refractivity contribution in [2.24, 2.45) is 0 Å². The van der Waals surface area contributed by atoms with E-state index in [0.717, 1.165) is 0 Å². The molecule has 0 aliphatic heterocycles. The van der Waals surface area contributed by atoms with Crippen LogP contribution in [0, 0.1) is 5.82 Å². The van der Waals surface area contributed by atoms with Crippen molar-refractivity contribution in [2.75, 3.05) is 26.0 Å². The molecular weight excluding hydrogens is 449 g/mol. The van der Waals surface area contributed by atoms with E-state index in [1.165, 1.54) is 42.3 Å². The monoisotopic (exact) mass is 469 g/mol. The molecule has 0 aromatic heterocycles. The van der Waals surface area contributed by atoms with E-state index in [-0.39, 0.29) is 36.3 Å². The van der Waals surface area contributed by atoms with Crippen molar-refractivity contribution in [3.63, 3.8) is 0 Å². The first kappa shape index (κ1) is 22.3. The van der Waals surface area contributed by atoms with Gasteiger partial charge in [0.2, 0.25) is 0 Å². The maximum absolute atomic E-state index is 14.1. The van der Waals surface area contributed by atoms with E-state index in [0.29, 0.717) is 15.6 Å². The molecule has 0 saturated heterocycles. The number of halogens is 2. The van der Waals surface area contributed by atoms with Crippen LogP contribution in [0.3, 0.4) is 0 Å². The molecule has 2 aromatic rings. The van der Waals surface area contributed by atoms with Crippen LogP contribution in [0.1, 0.15) is 15.9 Å². The molecule has 0 radical (unpaired) electrons. The lowest BCUT2D eigenvalue weighted by Crippen LogP contribution is -2.31. The summed E-state index contributed by atoms with van der Waals surface area (Å²) in [5, 5.41) is 0. The topological polar surface area (TPSA) is 63.7 Å². The summed E-state index contributed by atoms with van der Waals surface area (Å²) in [6.07, 6.45) is 1.55. The standard InChI is InChI=1S/C20H21BrFNO4S/c1-3-10-23(14-16-13-17(21)6-9-19(16)22)20(24)15-4-7-18(8-5-15)28(25,26)12-11-27-2/h3-9,13H,1,10-12,14H2,2H3. The van der Waals surface area contributed by atoms with Crippen molar-refractivity contribution in [1.29, 1.82) is 0 Å². The van der Waals surface area contributed by atoms with Gasteiger partial charge in [-0.2, -0.15) is 0 Å². The Morgan fingerprint density at radius 1 is 1.25 bits per heavy atom. The van der Waals surface area contributed by atoms with Crippen LogP contribution < -0.4 is 0 Å². The lowest BCUT2D eigenvalue weighted by atomic mass is 10.1. The molecule has 2 aromatic carbocycles. The third kappa shape index (κ3) is 5.73. The normalized spacial score (nSPS) is 11.2. The second-order valence-electron chi connectivity index (χ2n) is 6.05. The fraction of sp³-hybridized carbons (Fsp3) is 0.250. The molecular formula is C20H21BrFNO4S. The Bertz CT molecular complexity index is 945. The van der Waals surface area contributed by atoms with E-state index in [9.17, 15) is 17.6 Å². The molecule has 0 fully saturated rings. The molecule has 28 heavy (non-hydrogen) atoms. The molecule has 150 valence electrons. The third-order valence-corrected chi connectivity index (χ3v) is 6.21. The van der Waals surface area contributed by atoms with E-state index in [4.69, 9.17) is 4.74 Å². The number of rotatable bonds is 9. The van der Waals surface area contributed by atoms with Crippen molar-refractivity contribution in [3.8, 4) is 0 Å².